The van der Waals surface area contributed by atoms with E-state index in [1.807, 2.05) is 31.2 Å². The Balaban J connectivity index is 2.49. The van der Waals surface area contributed by atoms with Gasteiger partial charge in [0.25, 0.3) is 0 Å². The standard InChI is InChI=1S/C14H13Br2FN2/c1-8-4-9(6-11(17)5-8)14(19-18)12-3-2-10(15)7-13(12)16/h2-7,14,19H,18H2,1H3. The highest BCUT2D eigenvalue weighted by Crippen LogP contribution is 2.31. The Morgan fingerprint density at radius 1 is 1.16 bits per heavy atom. The minimum absolute atomic E-state index is 0.261. The van der Waals surface area contributed by atoms with E-state index in [0.717, 1.165) is 25.6 Å². The number of aryl methyl sites for hydroxylation is 1. The second kappa shape index (κ2) is 6.13. The normalized spacial score (nSPS) is 12.5. The van der Waals surface area contributed by atoms with Crippen molar-refractivity contribution in [2.45, 2.75) is 13.0 Å². The average Bonchev–Trinajstić information content (AvgIpc) is 2.31. The van der Waals surface area contributed by atoms with Gasteiger partial charge in [0.15, 0.2) is 0 Å². The topological polar surface area (TPSA) is 38.0 Å². The Kier molecular flexibility index (Phi) is 4.73. The van der Waals surface area contributed by atoms with E-state index in [4.69, 9.17) is 5.84 Å². The van der Waals surface area contributed by atoms with Gasteiger partial charge in [0.1, 0.15) is 5.82 Å². The number of nitrogens with one attached hydrogen (secondary N) is 1. The van der Waals surface area contributed by atoms with Gasteiger partial charge in [0.2, 0.25) is 0 Å². The van der Waals surface area contributed by atoms with Crippen molar-refractivity contribution in [3.63, 3.8) is 0 Å². The summed E-state index contributed by atoms with van der Waals surface area (Å²) in [5.41, 5.74) is 5.35. The van der Waals surface area contributed by atoms with Gasteiger partial charge < -0.3 is 0 Å². The van der Waals surface area contributed by atoms with E-state index in [1.54, 1.807) is 0 Å². The van der Waals surface area contributed by atoms with Crippen LogP contribution in [-0.4, -0.2) is 0 Å². The van der Waals surface area contributed by atoms with Crippen LogP contribution in [0.5, 0.6) is 0 Å². The van der Waals surface area contributed by atoms with Crippen molar-refractivity contribution in [1.29, 1.82) is 0 Å². The van der Waals surface area contributed by atoms with Crippen molar-refractivity contribution in [2.75, 3.05) is 0 Å². The van der Waals surface area contributed by atoms with Crippen LogP contribution in [0.15, 0.2) is 45.3 Å². The number of nitrogens with two attached hydrogens (primary N) is 1. The molecule has 2 rings (SSSR count). The molecule has 0 aliphatic carbocycles. The molecule has 1 unspecified atom stereocenters. The smallest absolute Gasteiger partial charge is 0.123 e. The Hall–Kier alpha value is -0.750. The van der Waals surface area contributed by atoms with Crippen molar-refractivity contribution in [1.82, 2.24) is 5.43 Å². The third-order valence-corrected chi connectivity index (χ3v) is 4.02. The number of rotatable bonds is 3. The second-order valence-corrected chi connectivity index (χ2v) is 6.10. The molecule has 100 valence electrons. The second-order valence-electron chi connectivity index (χ2n) is 4.33. The maximum absolute atomic E-state index is 13.5. The largest absolute Gasteiger partial charge is 0.271 e. The minimum Gasteiger partial charge on any atom is -0.271 e. The van der Waals surface area contributed by atoms with E-state index in [-0.39, 0.29) is 11.9 Å². The number of hydrogen-bond acceptors (Lipinski definition) is 2. The van der Waals surface area contributed by atoms with Gasteiger partial charge in [0.05, 0.1) is 6.04 Å². The predicted molar refractivity (Wildman–Crippen MR) is 82.1 cm³/mol. The summed E-state index contributed by atoms with van der Waals surface area (Å²) < 4.78 is 15.4. The molecule has 0 spiro atoms. The van der Waals surface area contributed by atoms with Crippen LogP contribution in [0.2, 0.25) is 0 Å². The third-order valence-electron chi connectivity index (χ3n) is 2.84. The maximum Gasteiger partial charge on any atom is 0.123 e. The lowest BCUT2D eigenvalue weighted by Gasteiger charge is -2.19. The summed E-state index contributed by atoms with van der Waals surface area (Å²) in [6, 6.07) is 10.4. The molecule has 5 heteroatoms. The summed E-state index contributed by atoms with van der Waals surface area (Å²) in [6.07, 6.45) is 0. The fourth-order valence-electron chi connectivity index (χ4n) is 2.03. The fraction of sp³-hybridized carbons (Fsp3) is 0.143. The number of benzene rings is 2. The van der Waals surface area contributed by atoms with Gasteiger partial charge in [0, 0.05) is 8.95 Å². The molecular formula is C14H13Br2FN2. The molecule has 0 bridgehead atoms. The van der Waals surface area contributed by atoms with Crippen molar-refractivity contribution < 1.29 is 4.39 Å². The zero-order valence-corrected chi connectivity index (χ0v) is 13.4. The summed E-state index contributed by atoms with van der Waals surface area (Å²) >= 11 is 6.91. The van der Waals surface area contributed by atoms with Gasteiger partial charge in [-0.3, -0.25) is 5.84 Å². The summed E-state index contributed by atoms with van der Waals surface area (Å²) in [6.45, 7) is 1.86. The predicted octanol–water partition coefficient (Wildman–Crippen LogP) is 4.21. The first-order valence-electron chi connectivity index (χ1n) is 5.69. The molecule has 0 saturated carbocycles. The zero-order valence-electron chi connectivity index (χ0n) is 10.3. The number of hydrogen-bond donors (Lipinski definition) is 2. The minimum atomic E-state index is -0.267. The van der Waals surface area contributed by atoms with Gasteiger partial charge in [-0.1, -0.05) is 44.0 Å². The molecule has 0 heterocycles. The Bertz CT molecular complexity index is 582. The molecule has 3 N–H and O–H groups in total. The summed E-state index contributed by atoms with van der Waals surface area (Å²) in [5, 5.41) is 0. The van der Waals surface area contributed by atoms with Crippen molar-refractivity contribution in [2.24, 2.45) is 5.84 Å². The van der Waals surface area contributed by atoms with Gasteiger partial charge in [-0.2, -0.15) is 0 Å². The molecule has 0 saturated heterocycles. The van der Waals surface area contributed by atoms with Crippen LogP contribution in [0.1, 0.15) is 22.7 Å². The molecule has 0 aliphatic rings. The monoisotopic (exact) mass is 386 g/mol. The van der Waals surface area contributed by atoms with Gasteiger partial charge in [-0.25, -0.2) is 9.82 Å². The molecule has 2 nitrogen and oxygen atoms in total. The summed E-state index contributed by atoms with van der Waals surface area (Å²) in [7, 11) is 0. The van der Waals surface area contributed by atoms with Gasteiger partial charge >= 0.3 is 0 Å². The third kappa shape index (κ3) is 3.42. The fourth-order valence-corrected chi connectivity index (χ4v) is 3.31. The van der Waals surface area contributed by atoms with Crippen molar-refractivity contribution in [3.8, 4) is 0 Å². The first-order valence-corrected chi connectivity index (χ1v) is 7.28. The van der Waals surface area contributed by atoms with E-state index in [0.29, 0.717) is 0 Å². The van der Waals surface area contributed by atoms with E-state index in [2.05, 4.69) is 37.3 Å². The number of halogens is 3. The maximum atomic E-state index is 13.5. The van der Waals surface area contributed by atoms with Gasteiger partial charge in [-0.15, -0.1) is 0 Å². The zero-order chi connectivity index (χ0) is 14.0. The molecule has 2 aromatic rings. The lowest BCUT2D eigenvalue weighted by Crippen LogP contribution is -2.29. The molecule has 0 amide bonds. The van der Waals surface area contributed by atoms with Crippen LogP contribution in [0, 0.1) is 12.7 Å². The Labute approximate surface area is 128 Å². The highest BCUT2D eigenvalue weighted by atomic mass is 79.9. The Morgan fingerprint density at radius 3 is 2.47 bits per heavy atom. The van der Waals surface area contributed by atoms with E-state index in [9.17, 15) is 4.39 Å². The number of hydrazine groups is 1. The quantitative estimate of drug-likeness (QED) is 0.611. The molecule has 0 radical (unpaired) electrons. The van der Waals surface area contributed by atoms with E-state index >= 15 is 0 Å². The highest BCUT2D eigenvalue weighted by molar-refractivity contribution is 9.11. The molecule has 0 aromatic heterocycles. The van der Waals surface area contributed by atoms with Gasteiger partial charge in [-0.05, 0) is 47.9 Å². The first-order chi connectivity index (χ1) is 9.01. The van der Waals surface area contributed by atoms with E-state index < -0.39 is 0 Å². The van der Waals surface area contributed by atoms with Crippen LogP contribution < -0.4 is 11.3 Å². The van der Waals surface area contributed by atoms with Crippen LogP contribution in [0.3, 0.4) is 0 Å². The van der Waals surface area contributed by atoms with Crippen molar-refractivity contribution >= 4 is 31.9 Å². The van der Waals surface area contributed by atoms with Crippen molar-refractivity contribution in [3.05, 3.63) is 67.9 Å². The molecule has 0 fully saturated rings. The summed E-state index contributed by atoms with van der Waals surface area (Å²) in [4.78, 5) is 0. The Morgan fingerprint density at radius 2 is 1.89 bits per heavy atom. The van der Waals surface area contributed by atoms with Crippen LogP contribution in [0.25, 0.3) is 0 Å². The van der Waals surface area contributed by atoms with Crippen LogP contribution >= 0.6 is 31.9 Å². The summed E-state index contributed by atoms with van der Waals surface area (Å²) in [5.74, 6) is 5.38. The SMILES string of the molecule is Cc1cc(F)cc(C(NN)c2ccc(Br)cc2Br)c1. The molecule has 1 atom stereocenters. The molecular weight excluding hydrogens is 375 g/mol. The average molecular weight is 388 g/mol. The van der Waals surface area contributed by atoms with Crippen LogP contribution in [0.4, 0.5) is 4.39 Å². The molecule has 2 aromatic carbocycles. The first kappa shape index (κ1) is 14.7. The lowest BCUT2D eigenvalue weighted by atomic mass is 9.98. The highest BCUT2D eigenvalue weighted by Gasteiger charge is 2.16. The molecule has 0 aliphatic heterocycles. The lowest BCUT2D eigenvalue weighted by molar-refractivity contribution is 0.603. The molecule has 19 heavy (non-hydrogen) atoms. The van der Waals surface area contributed by atoms with E-state index in [1.165, 1.54) is 12.1 Å². The van der Waals surface area contributed by atoms with Crippen LogP contribution in [-0.2, 0) is 0 Å².